The van der Waals surface area contributed by atoms with Gasteiger partial charge in [-0.1, -0.05) is 11.6 Å². The number of hydrogen-bond acceptors (Lipinski definition) is 7. The number of carboxylic acid groups (broad SMARTS) is 1. The summed E-state index contributed by atoms with van der Waals surface area (Å²) in [5.41, 5.74) is 0.420. The Morgan fingerprint density at radius 2 is 1.81 bits per heavy atom. The number of fused-ring (bicyclic) bond motifs is 1. The first-order valence-corrected chi connectivity index (χ1v) is 14.3. The average molecular weight is 617 g/mol. The summed E-state index contributed by atoms with van der Waals surface area (Å²) in [6, 6.07) is 9.07. The number of halogens is 4. The number of aromatic carboxylic acids is 1. The quantitative estimate of drug-likeness (QED) is 0.245. The third-order valence-corrected chi connectivity index (χ3v) is 7.89. The molecule has 0 unspecified atom stereocenters. The molecule has 2 aromatic carbocycles. The molecule has 0 radical (unpaired) electrons. The second kappa shape index (κ2) is 12.4. The minimum absolute atomic E-state index is 0.0167. The van der Waals surface area contributed by atoms with E-state index in [1.165, 1.54) is 30.3 Å². The number of carboxylic acids is 1. The van der Waals surface area contributed by atoms with Crippen molar-refractivity contribution in [3.63, 3.8) is 0 Å². The summed E-state index contributed by atoms with van der Waals surface area (Å²) in [5.74, 6) is -2.33. The van der Waals surface area contributed by atoms with E-state index in [-0.39, 0.29) is 52.2 Å². The van der Waals surface area contributed by atoms with Crippen LogP contribution in [0.25, 0.3) is 11.0 Å². The number of carbonyl (C=O) groups is 1. The Morgan fingerprint density at radius 1 is 1.02 bits per heavy atom. The number of ether oxygens (including phenoxy) is 3. The Hall–Kier alpha value is -3.87. The lowest BCUT2D eigenvalue weighted by molar-refractivity contribution is -0.0592. The highest BCUT2D eigenvalue weighted by atomic mass is 35.5. The Kier molecular flexibility index (Phi) is 8.42. The fourth-order valence-corrected chi connectivity index (χ4v) is 5.39. The average Bonchev–Trinajstić information content (AvgIpc) is 3.30. The number of piperidine rings is 1. The molecule has 4 heterocycles. The largest absolute Gasteiger partial charge is 0.484 e. The van der Waals surface area contributed by atoms with E-state index < -0.39 is 23.4 Å². The van der Waals surface area contributed by atoms with Crippen molar-refractivity contribution in [3.8, 4) is 11.6 Å². The predicted molar refractivity (Wildman–Crippen MR) is 150 cm³/mol. The van der Waals surface area contributed by atoms with Gasteiger partial charge in [0.25, 0.3) is 0 Å². The molecule has 6 rings (SSSR count). The molecule has 2 fully saturated rings. The summed E-state index contributed by atoms with van der Waals surface area (Å²) in [6.45, 7) is 2.58. The van der Waals surface area contributed by atoms with Gasteiger partial charge in [-0.2, -0.15) is 0 Å². The summed E-state index contributed by atoms with van der Waals surface area (Å²) in [6.07, 6.45) is 1.98. The van der Waals surface area contributed by atoms with Crippen molar-refractivity contribution >= 4 is 28.6 Å². The zero-order valence-corrected chi connectivity index (χ0v) is 23.7. The monoisotopic (exact) mass is 616 g/mol. The molecule has 2 aromatic heterocycles. The van der Waals surface area contributed by atoms with E-state index in [0.717, 1.165) is 18.6 Å². The Labute approximate surface area is 249 Å². The van der Waals surface area contributed by atoms with E-state index in [4.69, 9.17) is 25.8 Å². The fraction of sp³-hybridized carbons (Fsp3) is 0.367. The number of pyridine rings is 1. The normalized spacial score (nSPS) is 17.6. The minimum atomic E-state index is -1.21. The number of nitrogens with zero attached hydrogens (tertiary/aromatic N) is 4. The van der Waals surface area contributed by atoms with Crippen molar-refractivity contribution in [2.45, 2.75) is 51.2 Å². The van der Waals surface area contributed by atoms with E-state index >= 15 is 0 Å². The molecule has 0 amide bonds. The van der Waals surface area contributed by atoms with Crippen LogP contribution in [0.4, 0.5) is 13.2 Å². The summed E-state index contributed by atoms with van der Waals surface area (Å²) < 4.78 is 62.1. The van der Waals surface area contributed by atoms with Crippen molar-refractivity contribution in [2.24, 2.45) is 0 Å². The zero-order chi connectivity index (χ0) is 30.1. The van der Waals surface area contributed by atoms with Crippen molar-refractivity contribution in [1.82, 2.24) is 19.4 Å². The number of rotatable bonds is 10. The summed E-state index contributed by atoms with van der Waals surface area (Å²) in [4.78, 5) is 22.5. The number of benzene rings is 2. The van der Waals surface area contributed by atoms with Gasteiger partial charge in [0, 0.05) is 30.8 Å². The van der Waals surface area contributed by atoms with Crippen molar-refractivity contribution in [3.05, 3.63) is 82.0 Å². The van der Waals surface area contributed by atoms with E-state index in [0.29, 0.717) is 57.0 Å². The zero-order valence-electron chi connectivity index (χ0n) is 22.9. The molecule has 226 valence electrons. The molecule has 43 heavy (non-hydrogen) atoms. The number of hydrogen-bond donors (Lipinski definition) is 1. The van der Waals surface area contributed by atoms with Crippen LogP contribution in [0.5, 0.6) is 11.6 Å². The molecule has 0 bridgehead atoms. The van der Waals surface area contributed by atoms with E-state index in [9.17, 15) is 23.1 Å². The topological polar surface area (TPSA) is 98.9 Å². The van der Waals surface area contributed by atoms with Crippen LogP contribution >= 0.6 is 11.6 Å². The van der Waals surface area contributed by atoms with Crippen molar-refractivity contribution in [2.75, 3.05) is 19.7 Å². The standard InChI is InChI=1S/C30H28ClF3N4O5/c31-18-1-3-26(22(33)13-18)42-16-24-21(32)2-4-28(35-24)43-19-5-8-37(9-6-19)15-27-36-29-23(34)11-17(30(39)40)12-25(29)38(27)14-20-7-10-41-20/h1-4,11-13,19-20H,5-10,14-16H2,(H,39,40)/t20-/m0/s1. The van der Waals surface area contributed by atoms with Gasteiger partial charge >= 0.3 is 5.97 Å². The molecule has 0 aliphatic carbocycles. The second-order valence-electron chi connectivity index (χ2n) is 10.6. The van der Waals surface area contributed by atoms with Gasteiger partial charge in [-0.3, -0.25) is 4.90 Å². The van der Waals surface area contributed by atoms with E-state index in [1.54, 1.807) is 0 Å². The van der Waals surface area contributed by atoms with E-state index in [1.807, 2.05) is 4.57 Å². The van der Waals surface area contributed by atoms with Crippen molar-refractivity contribution < 1.29 is 37.3 Å². The third-order valence-electron chi connectivity index (χ3n) is 7.65. The molecule has 1 N–H and O–H groups in total. The van der Waals surface area contributed by atoms with Crippen LogP contribution in [0, 0.1) is 17.5 Å². The van der Waals surface area contributed by atoms with Crippen LogP contribution in [-0.2, 0) is 24.4 Å². The van der Waals surface area contributed by atoms with E-state index in [2.05, 4.69) is 14.9 Å². The second-order valence-corrected chi connectivity index (χ2v) is 11.0. The molecule has 13 heteroatoms. The minimum Gasteiger partial charge on any atom is -0.484 e. The lowest BCUT2D eigenvalue weighted by atomic mass is 10.1. The van der Waals surface area contributed by atoms with Crippen LogP contribution in [0.1, 0.15) is 41.1 Å². The van der Waals surface area contributed by atoms with Gasteiger partial charge < -0.3 is 23.9 Å². The summed E-state index contributed by atoms with van der Waals surface area (Å²) in [7, 11) is 0. The van der Waals surface area contributed by atoms with Crippen LogP contribution in [-0.4, -0.2) is 62.4 Å². The molecule has 4 aromatic rings. The van der Waals surface area contributed by atoms with Gasteiger partial charge in [-0.15, -0.1) is 0 Å². The Bertz CT molecular complexity index is 1660. The molecule has 2 aliphatic heterocycles. The highest BCUT2D eigenvalue weighted by Gasteiger charge is 2.27. The lowest BCUT2D eigenvalue weighted by Gasteiger charge is -2.32. The molecular weight excluding hydrogens is 589 g/mol. The summed E-state index contributed by atoms with van der Waals surface area (Å²) in [5, 5.41) is 9.65. The maximum Gasteiger partial charge on any atom is 0.335 e. The fourth-order valence-electron chi connectivity index (χ4n) is 5.24. The lowest BCUT2D eigenvalue weighted by Crippen LogP contribution is -2.39. The van der Waals surface area contributed by atoms with Crippen LogP contribution < -0.4 is 9.47 Å². The predicted octanol–water partition coefficient (Wildman–Crippen LogP) is 5.61. The first-order chi connectivity index (χ1) is 20.7. The molecule has 2 saturated heterocycles. The number of imidazole rings is 1. The Balaban J connectivity index is 1.09. The van der Waals surface area contributed by atoms with Crippen molar-refractivity contribution in [1.29, 1.82) is 0 Å². The smallest absolute Gasteiger partial charge is 0.335 e. The maximum atomic E-state index is 14.8. The number of aromatic nitrogens is 3. The van der Waals surface area contributed by atoms with Crippen LogP contribution in [0.15, 0.2) is 42.5 Å². The molecule has 2 aliphatic rings. The maximum absolute atomic E-state index is 14.8. The molecule has 1 atom stereocenters. The SMILES string of the molecule is O=C(O)c1cc(F)c2nc(CN3CCC(Oc4ccc(F)c(COc5ccc(Cl)cc5F)n4)CC3)n(C[C@@H]3CCO3)c2c1. The molecule has 0 spiro atoms. The van der Waals surface area contributed by atoms with Gasteiger partial charge in [0.1, 0.15) is 35.6 Å². The third kappa shape index (κ3) is 6.56. The highest BCUT2D eigenvalue weighted by Crippen LogP contribution is 2.27. The number of likely N-dealkylation sites (tertiary alicyclic amines) is 1. The van der Waals surface area contributed by atoms with Crippen LogP contribution in [0.2, 0.25) is 5.02 Å². The molecule has 9 nitrogen and oxygen atoms in total. The Morgan fingerprint density at radius 3 is 2.51 bits per heavy atom. The van der Waals surface area contributed by atoms with Gasteiger partial charge in [0.2, 0.25) is 5.88 Å². The molecular formula is C30H28ClF3N4O5. The van der Waals surface area contributed by atoms with Gasteiger partial charge in [0.15, 0.2) is 17.4 Å². The first kappa shape index (κ1) is 29.2. The summed E-state index contributed by atoms with van der Waals surface area (Å²) >= 11 is 5.76. The first-order valence-electron chi connectivity index (χ1n) is 13.9. The highest BCUT2D eigenvalue weighted by molar-refractivity contribution is 6.30. The van der Waals surface area contributed by atoms with Gasteiger partial charge in [-0.05, 0) is 55.7 Å². The van der Waals surface area contributed by atoms with Gasteiger partial charge in [-0.25, -0.2) is 27.9 Å². The van der Waals surface area contributed by atoms with Gasteiger partial charge in [0.05, 0.1) is 30.3 Å². The molecule has 0 saturated carbocycles. The van der Waals surface area contributed by atoms with Crippen LogP contribution in [0.3, 0.4) is 0 Å².